The Bertz CT molecular complexity index is 541. The van der Waals surface area contributed by atoms with Crippen LogP contribution in [0.2, 0.25) is 0 Å². The Morgan fingerprint density at radius 3 is 2.18 bits per heavy atom. The SMILES string of the molecule is OCc1ccn(-c2c(F)c(F)cc(F)c2F)n1. The van der Waals surface area contributed by atoms with Crippen LogP contribution in [-0.4, -0.2) is 14.9 Å². The molecule has 1 aromatic heterocycles. The van der Waals surface area contributed by atoms with Crippen molar-refractivity contribution >= 4 is 0 Å². The highest BCUT2D eigenvalue weighted by Crippen LogP contribution is 2.22. The van der Waals surface area contributed by atoms with Gasteiger partial charge in [-0.3, -0.25) is 0 Å². The van der Waals surface area contributed by atoms with Gasteiger partial charge in [-0.25, -0.2) is 22.2 Å². The molecule has 0 saturated carbocycles. The average Bonchev–Trinajstić information content (AvgIpc) is 2.75. The summed E-state index contributed by atoms with van der Waals surface area (Å²) in [5.41, 5.74) is -0.837. The number of benzene rings is 1. The van der Waals surface area contributed by atoms with E-state index in [1.165, 1.54) is 6.07 Å². The van der Waals surface area contributed by atoms with E-state index in [0.29, 0.717) is 4.68 Å². The molecule has 0 amide bonds. The molecular formula is C10H6F4N2O. The molecular weight excluding hydrogens is 240 g/mol. The summed E-state index contributed by atoms with van der Waals surface area (Å²) in [6, 6.07) is 1.38. The molecule has 0 aliphatic carbocycles. The van der Waals surface area contributed by atoms with E-state index in [1.54, 1.807) is 0 Å². The van der Waals surface area contributed by atoms with Gasteiger partial charge in [0, 0.05) is 12.3 Å². The van der Waals surface area contributed by atoms with Crippen LogP contribution in [0.25, 0.3) is 5.69 Å². The van der Waals surface area contributed by atoms with Gasteiger partial charge in [0.25, 0.3) is 0 Å². The van der Waals surface area contributed by atoms with Gasteiger partial charge in [0.1, 0.15) is 5.69 Å². The molecule has 7 heteroatoms. The first kappa shape index (κ1) is 11.6. The molecule has 2 aromatic rings. The van der Waals surface area contributed by atoms with E-state index < -0.39 is 35.6 Å². The monoisotopic (exact) mass is 246 g/mol. The van der Waals surface area contributed by atoms with Crippen molar-refractivity contribution < 1.29 is 22.7 Å². The minimum absolute atomic E-state index is 0.116. The first-order chi connectivity index (χ1) is 8.04. The number of aliphatic hydroxyl groups is 1. The molecule has 0 radical (unpaired) electrons. The van der Waals surface area contributed by atoms with Gasteiger partial charge in [-0.15, -0.1) is 0 Å². The number of halogens is 4. The van der Waals surface area contributed by atoms with E-state index in [-0.39, 0.29) is 11.8 Å². The fourth-order valence-corrected chi connectivity index (χ4v) is 1.33. The highest BCUT2D eigenvalue weighted by Gasteiger charge is 2.21. The summed E-state index contributed by atoms with van der Waals surface area (Å²) >= 11 is 0. The number of aromatic nitrogens is 2. The van der Waals surface area contributed by atoms with Gasteiger partial charge < -0.3 is 5.11 Å². The molecule has 2 rings (SSSR count). The summed E-state index contributed by atoms with van der Waals surface area (Å²) in [5.74, 6) is -6.12. The predicted molar refractivity (Wildman–Crippen MR) is 49.3 cm³/mol. The molecule has 0 aliphatic rings. The molecule has 0 aliphatic heterocycles. The Labute approximate surface area is 92.9 Å². The standard InChI is InChI=1S/C10H6F4N2O/c11-6-3-7(12)9(14)10(8(6)13)16-2-1-5(4-17)15-16/h1-3,17H,4H2. The summed E-state index contributed by atoms with van der Waals surface area (Å²) in [7, 11) is 0. The molecule has 1 heterocycles. The van der Waals surface area contributed by atoms with Crippen molar-refractivity contribution in [3.8, 4) is 5.69 Å². The molecule has 0 bridgehead atoms. The lowest BCUT2D eigenvalue weighted by Crippen LogP contribution is -2.07. The van der Waals surface area contributed by atoms with Crippen molar-refractivity contribution in [2.75, 3.05) is 0 Å². The summed E-state index contributed by atoms with van der Waals surface area (Å²) in [5, 5.41) is 12.3. The Morgan fingerprint density at radius 1 is 1.12 bits per heavy atom. The van der Waals surface area contributed by atoms with Crippen molar-refractivity contribution in [1.29, 1.82) is 0 Å². The number of hydrogen-bond acceptors (Lipinski definition) is 2. The fraction of sp³-hybridized carbons (Fsp3) is 0.100. The van der Waals surface area contributed by atoms with E-state index in [4.69, 9.17) is 5.11 Å². The van der Waals surface area contributed by atoms with Gasteiger partial charge in [0.05, 0.1) is 12.3 Å². The third kappa shape index (κ3) is 1.89. The van der Waals surface area contributed by atoms with Crippen LogP contribution < -0.4 is 0 Å². The van der Waals surface area contributed by atoms with Gasteiger partial charge in [-0.05, 0) is 6.07 Å². The minimum atomic E-state index is -1.54. The zero-order valence-corrected chi connectivity index (χ0v) is 8.29. The lowest BCUT2D eigenvalue weighted by Gasteiger charge is -2.06. The second-order valence-electron chi connectivity index (χ2n) is 3.23. The second kappa shape index (κ2) is 4.17. The first-order valence-corrected chi connectivity index (χ1v) is 4.53. The van der Waals surface area contributed by atoms with Crippen LogP contribution >= 0.6 is 0 Å². The van der Waals surface area contributed by atoms with Gasteiger partial charge in [0.15, 0.2) is 23.3 Å². The van der Waals surface area contributed by atoms with Crippen LogP contribution in [0.1, 0.15) is 5.69 Å². The summed E-state index contributed by atoms with van der Waals surface area (Å²) in [6.07, 6.45) is 1.09. The van der Waals surface area contributed by atoms with Gasteiger partial charge in [0.2, 0.25) is 0 Å². The largest absolute Gasteiger partial charge is 0.390 e. The maximum atomic E-state index is 13.3. The third-order valence-corrected chi connectivity index (χ3v) is 2.12. The van der Waals surface area contributed by atoms with Crippen LogP contribution in [0.3, 0.4) is 0 Å². The number of nitrogens with zero attached hydrogens (tertiary/aromatic N) is 2. The molecule has 0 spiro atoms. The van der Waals surface area contributed by atoms with Crippen molar-refractivity contribution in [2.45, 2.75) is 6.61 Å². The van der Waals surface area contributed by atoms with Crippen molar-refractivity contribution in [3.05, 3.63) is 47.3 Å². The third-order valence-electron chi connectivity index (χ3n) is 2.12. The molecule has 0 unspecified atom stereocenters. The summed E-state index contributed by atoms with van der Waals surface area (Å²) in [4.78, 5) is 0. The average molecular weight is 246 g/mol. The minimum Gasteiger partial charge on any atom is -0.390 e. The molecule has 0 fully saturated rings. The normalized spacial score (nSPS) is 10.9. The number of hydrogen-bond donors (Lipinski definition) is 1. The van der Waals surface area contributed by atoms with Crippen LogP contribution in [-0.2, 0) is 6.61 Å². The highest BCUT2D eigenvalue weighted by atomic mass is 19.2. The van der Waals surface area contributed by atoms with E-state index in [9.17, 15) is 17.6 Å². The summed E-state index contributed by atoms with van der Waals surface area (Å²) < 4.78 is 53.1. The quantitative estimate of drug-likeness (QED) is 0.649. The molecule has 90 valence electrons. The van der Waals surface area contributed by atoms with E-state index in [2.05, 4.69) is 5.10 Å². The Hall–Kier alpha value is -1.89. The molecule has 3 nitrogen and oxygen atoms in total. The highest BCUT2D eigenvalue weighted by molar-refractivity contribution is 5.36. The molecule has 0 saturated heterocycles. The maximum absolute atomic E-state index is 13.3. The van der Waals surface area contributed by atoms with E-state index in [1.807, 2.05) is 0 Å². The van der Waals surface area contributed by atoms with Crippen LogP contribution in [0.15, 0.2) is 18.3 Å². The van der Waals surface area contributed by atoms with Gasteiger partial charge in [-0.1, -0.05) is 0 Å². The lowest BCUT2D eigenvalue weighted by atomic mass is 10.2. The topological polar surface area (TPSA) is 38.0 Å². The molecule has 1 N–H and O–H groups in total. The first-order valence-electron chi connectivity index (χ1n) is 4.53. The Balaban J connectivity index is 2.65. The Kier molecular flexibility index (Phi) is 2.84. The van der Waals surface area contributed by atoms with E-state index >= 15 is 0 Å². The maximum Gasteiger partial charge on any atom is 0.187 e. The molecule has 1 aromatic carbocycles. The van der Waals surface area contributed by atoms with Crippen LogP contribution in [0, 0.1) is 23.3 Å². The number of aliphatic hydroxyl groups excluding tert-OH is 1. The second-order valence-corrected chi connectivity index (χ2v) is 3.23. The van der Waals surface area contributed by atoms with Crippen LogP contribution in [0.5, 0.6) is 0 Å². The molecule has 0 atom stereocenters. The zero-order valence-electron chi connectivity index (χ0n) is 8.29. The van der Waals surface area contributed by atoms with Crippen LogP contribution in [0.4, 0.5) is 17.6 Å². The fourth-order valence-electron chi connectivity index (χ4n) is 1.33. The van der Waals surface area contributed by atoms with Gasteiger partial charge in [-0.2, -0.15) is 5.10 Å². The lowest BCUT2D eigenvalue weighted by molar-refractivity contribution is 0.276. The van der Waals surface area contributed by atoms with Gasteiger partial charge >= 0.3 is 0 Å². The Morgan fingerprint density at radius 2 is 1.71 bits per heavy atom. The summed E-state index contributed by atoms with van der Waals surface area (Å²) in [6.45, 7) is -0.450. The smallest absolute Gasteiger partial charge is 0.187 e. The van der Waals surface area contributed by atoms with Crippen molar-refractivity contribution in [3.63, 3.8) is 0 Å². The van der Waals surface area contributed by atoms with Crippen molar-refractivity contribution in [2.24, 2.45) is 0 Å². The number of rotatable bonds is 2. The van der Waals surface area contributed by atoms with E-state index in [0.717, 1.165) is 6.20 Å². The molecule has 17 heavy (non-hydrogen) atoms. The van der Waals surface area contributed by atoms with Crippen molar-refractivity contribution in [1.82, 2.24) is 9.78 Å². The zero-order chi connectivity index (χ0) is 12.6. The predicted octanol–water partition coefficient (Wildman–Crippen LogP) is 1.92.